The fourth-order valence-electron chi connectivity index (χ4n) is 6.39. The molecule has 0 aliphatic carbocycles. The number of ether oxygens (including phenoxy) is 1. The van der Waals surface area contributed by atoms with E-state index < -0.39 is 0 Å². The van der Waals surface area contributed by atoms with Crippen LogP contribution in [0.1, 0.15) is 30.6 Å². The van der Waals surface area contributed by atoms with Crippen molar-refractivity contribution in [1.82, 2.24) is 9.88 Å². The number of hydrogen-bond acceptors (Lipinski definition) is 3. The molecule has 0 saturated carbocycles. The van der Waals surface area contributed by atoms with E-state index in [4.69, 9.17) is 9.73 Å². The third-order valence-electron chi connectivity index (χ3n) is 7.27. The molecule has 5 aliphatic heterocycles. The Morgan fingerprint density at radius 2 is 2.17 bits per heavy atom. The number of hydrogen-bond donors (Lipinski definition) is 1. The lowest BCUT2D eigenvalue weighted by molar-refractivity contribution is -0.158. The number of aliphatic imine (C=N–C) groups is 1. The standard InChI is InChI=1S/C20H23N3O/c1-10-14-9-21-20(24-2)18-12(14)7-17-19-13(8-16(18)23(10)17)11-5-3-4-6-15(11)22-19/h3-6,9-10,12,14,16-18,20,22H,7-8H2,1-2H3/t10-,12?,14?,16+,17-,18+,20-/m0/s1. The first-order chi connectivity index (χ1) is 11.8. The van der Waals surface area contributed by atoms with Crippen molar-refractivity contribution >= 4 is 17.1 Å². The van der Waals surface area contributed by atoms with Gasteiger partial charge in [-0.2, -0.15) is 0 Å². The number of fused-ring (bicyclic) bond motifs is 3. The van der Waals surface area contributed by atoms with Gasteiger partial charge >= 0.3 is 0 Å². The maximum Gasteiger partial charge on any atom is 0.152 e. The lowest BCUT2D eigenvalue weighted by atomic mass is 9.58. The van der Waals surface area contributed by atoms with Crippen LogP contribution in [-0.4, -0.2) is 41.5 Å². The highest BCUT2D eigenvalue weighted by molar-refractivity contribution is 5.85. The van der Waals surface area contributed by atoms with Crippen molar-refractivity contribution in [3.8, 4) is 0 Å². The summed E-state index contributed by atoms with van der Waals surface area (Å²) in [7, 11) is 1.82. The van der Waals surface area contributed by atoms with Crippen LogP contribution in [0.3, 0.4) is 0 Å². The molecule has 1 N–H and O–H groups in total. The molecule has 3 unspecified atom stereocenters. The van der Waals surface area contributed by atoms with Gasteiger partial charge in [0.15, 0.2) is 6.23 Å². The molecule has 1 aromatic carbocycles. The van der Waals surface area contributed by atoms with Crippen LogP contribution < -0.4 is 0 Å². The average molecular weight is 321 g/mol. The van der Waals surface area contributed by atoms with E-state index >= 15 is 0 Å². The van der Waals surface area contributed by atoms with E-state index in [2.05, 4.69) is 47.3 Å². The van der Waals surface area contributed by atoms with Crippen molar-refractivity contribution in [2.45, 2.75) is 44.1 Å². The summed E-state index contributed by atoms with van der Waals surface area (Å²) in [5.41, 5.74) is 4.32. The summed E-state index contributed by atoms with van der Waals surface area (Å²) in [4.78, 5) is 11.3. The second kappa shape index (κ2) is 4.50. The predicted molar refractivity (Wildman–Crippen MR) is 94.2 cm³/mol. The van der Waals surface area contributed by atoms with E-state index in [1.165, 1.54) is 23.0 Å². The van der Waals surface area contributed by atoms with E-state index in [-0.39, 0.29) is 6.23 Å². The number of aromatic nitrogens is 1. The largest absolute Gasteiger partial charge is 0.359 e. The van der Waals surface area contributed by atoms with Gasteiger partial charge in [-0.25, -0.2) is 0 Å². The molecule has 0 amide bonds. The van der Waals surface area contributed by atoms with E-state index in [9.17, 15) is 0 Å². The van der Waals surface area contributed by atoms with Crippen LogP contribution in [0.4, 0.5) is 0 Å². The molecule has 3 fully saturated rings. The first-order valence-electron chi connectivity index (χ1n) is 9.21. The number of piperidine rings is 3. The Bertz CT molecular complexity index is 856. The van der Waals surface area contributed by atoms with Gasteiger partial charge in [-0.15, -0.1) is 0 Å². The van der Waals surface area contributed by atoms with E-state index in [1.807, 2.05) is 7.11 Å². The summed E-state index contributed by atoms with van der Waals surface area (Å²) in [5.74, 6) is 1.85. The molecule has 24 heavy (non-hydrogen) atoms. The Kier molecular flexibility index (Phi) is 2.55. The van der Waals surface area contributed by atoms with Gasteiger partial charge in [0.25, 0.3) is 0 Å². The topological polar surface area (TPSA) is 40.6 Å². The fourth-order valence-corrected chi connectivity index (χ4v) is 6.39. The van der Waals surface area contributed by atoms with Crippen molar-refractivity contribution in [3.05, 3.63) is 35.5 Å². The maximum absolute atomic E-state index is 5.78. The summed E-state index contributed by atoms with van der Waals surface area (Å²) >= 11 is 0. The summed E-state index contributed by atoms with van der Waals surface area (Å²) in [6, 6.07) is 10.5. The number of aromatic amines is 1. The van der Waals surface area contributed by atoms with E-state index in [1.54, 1.807) is 5.56 Å². The van der Waals surface area contributed by atoms with Gasteiger partial charge in [0.1, 0.15) is 0 Å². The summed E-state index contributed by atoms with van der Waals surface area (Å²) in [5, 5.41) is 1.42. The molecule has 7 rings (SSSR count). The van der Waals surface area contributed by atoms with E-state index in [0.29, 0.717) is 35.9 Å². The number of H-pyrrole nitrogens is 1. The maximum atomic E-state index is 5.78. The average Bonchev–Trinajstić information content (AvgIpc) is 2.98. The molecule has 6 bridgehead atoms. The number of para-hydroxylation sites is 1. The van der Waals surface area contributed by atoms with E-state index in [0.717, 1.165) is 6.42 Å². The van der Waals surface area contributed by atoms with Gasteiger partial charge in [-0.1, -0.05) is 18.2 Å². The molecule has 124 valence electrons. The Labute approximate surface area is 141 Å². The monoisotopic (exact) mass is 321 g/mol. The number of benzene rings is 1. The van der Waals surface area contributed by atoms with Crippen LogP contribution in [0.15, 0.2) is 29.3 Å². The van der Waals surface area contributed by atoms with Crippen molar-refractivity contribution in [2.75, 3.05) is 7.11 Å². The highest BCUT2D eigenvalue weighted by atomic mass is 16.5. The Balaban J connectivity index is 1.56. The third kappa shape index (κ3) is 1.46. The zero-order valence-electron chi connectivity index (χ0n) is 14.1. The molecule has 6 heterocycles. The summed E-state index contributed by atoms with van der Waals surface area (Å²) in [6.07, 6.45) is 4.61. The normalized spacial score (nSPS) is 44.8. The number of methoxy groups -OCH3 is 1. The van der Waals surface area contributed by atoms with Crippen LogP contribution >= 0.6 is 0 Å². The third-order valence-corrected chi connectivity index (χ3v) is 7.27. The molecule has 0 spiro atoms. The molecular weight excluding hydrogens is 298 g/mol. The Morgan fingerprint density at radius 1 is 1.29 bits per heavy atom. The molecule has 2 aromatic rings. The van der Waals surface area contributed by atoms with Gasteiger partial charge in [0.05, 0.1) is 6.04 Å². The Hall–Kier alpha value is -1.65. The van der Waals surface area contributed by atoms with Crippen LogP contribution in [0.5, 0.6) is 0 Å². The minimum Gasteiger partial charge on any atom is -0.359 e. The highest BCUT2D eigenvalue weighted by Crippen LogP contribution is 2.58. The number of nitrogens with one attached hydrogen (secondary N) is 1. The first-order valence-corrected chi connectivity index (χ1v) is 9.21. The molecule has 3 saturated heterocycles. The second-order valence-corrected chi connectivity index (χ2v) is 8.02. The zero-order valence-corrected chi connectivity index (χ0v) is 14.1. The molecule has 4 heteroatoms. The van der Waals surface area contributed by atoms with Crippen molar-refractivity contribution < 1.29 is 4.74 Å². The van der Waals surface area contributed by atoms with Crippen molar-refractivity contribution in [3.63, 3.8) is 0 Å². The van der Waals surface area contributed by atoms with Crippen LogP contribution in [0.2, 0.25) is 0 Å². The number of nitrogens with zero attached hydrogens (tertiary/aromatic N) is 2. The highest BCUT2D eigenvalue weighted by Gasteiger charge is 2.60. The lowest BCUT2D eigenvalue weighted by Crippen LogP contribution is -2.69. The first kappa shape index (κ1) is 13.6. The van der Waals surface area contributed by atoms with Crippen LogP contribution in [0.25, 0.3) is 10.9 Å². The smallest absolute Gasteiger partial charge is 0.152 e. The molecule has 8 atom stereocenters. The summed E-state index contributed by atoms with van der Waals surface area (Å²) < 4.78 is 5.78. The summed E-state index contributed by atoms with van der Waals surface area (Å²) in [6.45, 7) is 2.40. The van der Waals surface area contributed by atoms with Gasteiger partial charge in [-0.3, -0.25) is 9.89 Å². The zero-order chi connectivity index (χ0) is 16.0. The van der Waals surface area contributed by atoms with Crippen molar-refractivity contribution in [1.29, 1.82) is 0 Å². The van der Waals surface area contributed by atoms with Crippen LogP contribution in [0, 0.1) is 17.8 Å². The van der Waals surface area contributed by atoms with Gasteiger partial charge in [0, 0.05) is 53.8 Å². The van der Waals surface area contributed by atoms with Gasteiger partial charge in [0.2, 0.25) is 0 Å². The minimum atomic E-state index is 0.0407. The van der Waals surface area contributed by atoms with Crippen LogP contribution in [-0.2, 0) is 11.2 Å². The molecule has 1 aromatic heterocycles. The fraction of sp³-hybridized carbons (Fsp3) is 0.550. The predicted octanol–water partition coefficient (Wildman–Crippen LogP) is 3.15. The van der Waals surface area contributed by atoms with Gasteiger partial charge in [-0.05, 0) is 37.3 Å². The Morgan fingerprint density at radius 3 is 3.04 bits per heavy atom. The quantitative estimate of drug-likeness (QED) is 0.876. The van der Waals surface area contributed by atoms with Crippen molar-refractivity contribution in [2.24, 2.45) is 22.7 Å². The molecular formula is C20H23N3O. The molecule has 4 nitrogen and oxygen atoms in total. The lowest BCUT2D eigenvalue weighted by Gasteiger charge is -2.64. The number of rotatable bonds is 1. The minimum absolute atomic E-state index is 0.0407. The van der Waals surface area contributed by atoms with Gasteiger partial charge < -0.3 is 9.72 Å². The molecule has 5 aliphatic rings. The SMILES string of the molecule is CO[C@@H]1N=CC2C3C[C@H]4c5[nH]c6ccccc6c5C[C@H]([C@@H]31)N4[C@H]2C. The second-order valence-electron chi connectivity index (χ2n) is 8.02. The molecule has 0 radical (unpaired) electrons.